The third-order valence-corrected chi connectivity index (χ3v) is 14.8. The average molecular weight is 1270 g/mol. The molecule has 1 unspecified atom stereocenters. The molecule has 11 atom stereocenters. The van der Waals surface area contributed by atoms with Crippen LogP contribution in [-0.2, 0) is 57.2 Å². The number of aliphatic hydroxyl groups excluding tert-OH is 1. The molecule has 0 spiro atoms. The second-order valence-corrected chi connectivity index (χ2v) is 21.1. The Balaban J connectivity index is -0.000000480. The Morgan fingerprint density at radius 2 is 0.888 bits per heavy atom. The topological polar surface area (TPSA) is 458 Å². The predicted molar refractivity (Wildman–Crippen MR) is 327 cm³/mol. The molecule has 40 heteroatoms. The summed E-state index contributed by atoms with van der Waals surface area (Å²) in [4.78, 5) is 91.0. The zero-order valence-corrected chi connectivity index (χ0v) is 53.9. The number of carboxylic acid groups (broad SMARTS) is 2. The number of carbonyl (C=O) groups excluding carboxylic acids is 5. The number of carboxylic acids is 2. The van der Waals surface area contributed by atoms with Crippen LogP contribution < -0.4 is 24.4 Å². The number of ether oxygens (including phenoxy) is 5. The summed E-state index contributed by atoms with van der Waals surface area (Å²) in [6.07, 6.45) is 2.79. The van der Waals surface area contributed by atoms with Gasteiger partial charge in [-0.1, -0.05) is 26.4 Å². The molecule has 0 aromatic carbocycles. The van der Waals surface area contributed by atoms with Crippen molar-refractivity contribution >= 4 is 83.9 Å². The monoisotopic (exact) mass is 1270 g/mol. The van der Waals surface area contributed by atoms with Crippen molar-refractivity contribution in [3.63, 3.8) is 0 Å². The molecule has 6 fully saturated rings. The molecule has 0 radical (unpaired) electrons. The number of nitrogens with zero attached hydrogens (tertiary/aromatic N) is 9. The van der Waals surface area contributed by atoms with E-state index >= 15 is 0 Å². The third-order valence-electron chi connectivity index (χ3n) is 14.8. The summed E-state index contributed by atoms with van der Waals surface area (Å²) >= 11 is 0. The summed E-state index contributed by atoms with van der Waals surface area (Å²) in [5.74, 6) is -3.40. The van der Waals surface area contributed by atoms with Gasteiger partial charge in [0.1, 0.15) is 30.2 Å². The summed E-state index contributed by atoms with van der Waals surface area (Å²) < 4.78 is 35.9. The van der Waals surface area contributed by atoms with Gasteiger partial charge in [0.05, 0.1) is 44.6 Å². The number of Topliss-reactive ketones (excluding diaryl/α,β-unsaturated/α-hetero) is 1. The van der Waals surface area contributed by atoms with Crippen LogP contribution in [0.3, 0.4) is 0 Å². The summed E-state index contributed by atoms with van der Waals surface area (Å²) in [6, 6.07) is -5.24. The number of ketones is 1. The Morgan fingerprint density at radius 1 is 0.562 bits per heavy atom. The minimum Gasteiger partial charge on any atom is -0.870 e. The fourth-order valence-electron chi connectivity index (χ4n) is 10.7. The first kappa shape index (κ1) is 91.5. The standard InChI is InChI=1S/C9H18BNO3.C8H15BN4O3.C8H16BNO4.C8H14BNO4.C7H14BNO3.C6H12BFN2O3.C2H6O.CH4.Li.H2O/c1-4-14-9(12)8-7(2)5-6-11(8)10(3)13;1-3-16-8(14)7-6(11-12-10)4-5-13(7)9(2)15;2*1-3-14-8(12)7-6(11)4-5-10(7)9(2)13;1-5-3-4-9(8(2)12)6(5)7(10)11;1-7(13)10-3-2-4(9-8)5(10)6(11)12;1-3-2;;;/h7-8,13H,4-6H2,1-3H3;6-7,15H,3-5H2,1-2H3;6-7,11,13H,3-5H2,1-2H3;7,13H,3-5H2,1-2H3;5-6,12H,3-4H2,1-2H3,(H,10,11);4-5,9,13H,2-3H2,1H3,(H,11,12);1-2H3;1H4;;1H2/q;;;;;;;;+1;/p-1/t7-,8-;6-,7-;6-,7+;;5-,6-;4-,5-;;;;/m110.11..../s1. The Morgan fingerprint density at radius 3 is 1.27 bits per heavy atom. The zero-order valence-electron chi connectivity index (χ0n) is 53.9. The van der Waals surface area contributed by atoms with Gasteiger partial charge in [-0.2, -0.15) is 5.54 Å². The van der Waals surface area contributed by atoms with Gasteiger partial charge >= 0.3 is 97.0 Å². The molecule has 0 aliphatic carbocycles. The van der Waals surface area contributed by atoms with E-state index in [1.165, 1.54) is 28.8 Å². The van der Waals surface area contributed by atoms with Crippen LogP contribution in [0, 0.1) is 11.8 Å². The van der Waals surface area contributed by atoms with Crippen LogP contribution >= 0.6 is 0 Å². The number of aliphatic carboxylic acids is 2. The van der Waals surface area contributed by atoms with Gasteiger partial charge in [0.15, 0.2) is 11.8 Å². The van der Waals surface area contributed by atoms with Crippen molar-refractivity contribution in [1.82, 2.24) is 34.4 Å². The summed E-state index contributed by atoms with van der Waals surface area (Å²) in [7, 11) is -1.13. The largest absolute Gasteiger partial charge is 1.00 e. The first-order valence-corrected chi connectivity index (χ1v) is 29.1. The molecule has 32 nitrogen and oxygen atoms in total. The molecule has 11 N–H and O–H groups in total. The maximum absolute atomic E-state index is 12.1. The first-order chi connectivity index (χ1) is 40.4. The minimum atomic E-state index is -1.12. The second-order valence-electron chi connectivity index (χ2n) is 21.1. The van der Waals surface area contributed by atoms with Crippen LogP contribution in [0.2, 0.25) is 40.9 Å². The molecule has 6 aliphatic heterocycles. The van der Waals surface area contributed by atoms with Crippen LogP contribution in [0.4, 0.5) is 4.48 Å². The normalized spacial score (nSPS) is 25.3. The predicted octanol–water partition coefficient (Wildman–Crippen LogP) is -4.10. The number of azide groups is 1. The van der Waals surface area contributed by atoms with Gasteiger partial charge < -0.3 is 98.7 Å². The van der Waals surface area contributed by atoms with E-state index in [1.54, 1.807) is 88.5 Å². The number of esters is 4. The fourth-order valence-corrected chi connectivity index (χ4v) is 10.7. The van der Waals surface area contributed by atoms with Crippen molar-refractivity contribution < 1.29 is 132 Å². The van der Waals surface area contributed by atoms with Crippen molar-refractivity contribution in [1.29, 1.82) is 0 Å². The van der Waals surface area contributed by atoms with Crippen LogP contribution in [0.25, 0.3) is 10.4 Å². The fraction of sp³-hybridized carbons (Fsp3) is 0.857. The molecule has 0 bridgehead atoms. The van der Waals surface area contributed by atoms with Gasteiger partial charge in [0.2, 0.25) is 0 Å². The Hall–Kier alpha value is -3.92. The molecule has 0 amide bonds. The second kappa shape index (κ2) is 47.9. The maximum atomic E-state index is 12.1. The van der Waals surface area contributed by atoms with E-state index in [1.807, 2.05) is 13.8 Å². The van der Waals surface area contributed by atoms with Gasteiger partial charge in [-0.05, 0) is 157 Å². The number of nitrogens with one attached hydrogen (secondary N) is 1. The van der Waals surface area contributed by atoms with Gasteiger partial charge in [0.25, 0.3) is 0 Å². The Kier molecular flexibility index (Phi) is 49.2. The molecule has 6 saturated heterocycles. The molecule has 0 saturated carbocycles. The van der Waals surface area contributed by atoms with Crippen molar-refractivity contribution in [3.05, 3.63) is 10.4 Å². The minimum absolute atomic E-state index is 0. The van der Waals surface area contributed by atoms with Crippen molar-refractivity contribution in [2.45, 2.75) is 183 Å². The molecular weight excluding hydrogens is 1170 g/mol. The Labute approximate surface area is 538 Å². The Bertz CT molecular complexity index is 2070. The van der Waals surface area contributed by atoms with Gasteiger partial charge in [0, 0.05) is 25.6 Å². The number of halogens is 1. The van der Waals surface area contributed by atoms with Crippen LogP contribution in [0.1, 0.15) is 87.5 Å². The van der Waals surface area contributed by atoms with E-state index < -0.39 is 121 Å². The number of aliphatic hydroxyl groups is 1. The first-order valence-electron chi connectivity index (χ1n) is 29.1. The zero-order chi connectivity index (χ0) is 66.3. The van der Waals surface area contributed by atoms with Gasteiger partial charge in [-0.25, -0.2) is 4.79 Å². The van der Waals surface area contributed by atoms with E-state index in [4.69, 9.17) is 34.7 Å². The maximum Gasteiger partial charge on any atom is 1.00 e. The smallest absolute Gasteiger partial charge is 0.870 e. The molecule has 6 heterocycles. The quantitative estimate of drug-likeness (QED) is 0.00911. The molecule has 6 aliphatic rings. The molecule has 6 rings (SSSR count). The van der Waals surface area contributed by atoms with E-state index in [9.17, 15) is 73.3 Å². The van der Waals surface area contributed by atoms with Gasteiger partial charge in [-0.15, -0.1) is 4.48 Å². The summed E-state index contributed by atoms with van der Waals surface area (Å²) in [5, 5.41) is 86.9. The van der Waals surface area contributed by atoms with E-state index in [0.29, 0.717) is 65.0 Å². The van der Waals surface area contributed by atoms with E-state index in [-0.39, 0.29) is 81.2 Å². The van der Waals surface area contributed by atoms with Crippen molar-refractivity contribution in [3.8, 4) is 0 Å². The average Bonchev–Trinajstić information content (AvgIpc) is 3.84. The summed E-state index contributed by atoms with van der Waals surface area (Å²) in [5.41, 5.74) is 9.85. The number of rotatable bonds is 18. The molecule has 0 aromatic heterocycles. The van der Waals surface area contributed by atoms with E-state index in [0.717, 1.165) is 19.4 Å². The number of methoxy groups -OCH3 is 1. The molecular formula is C49H100B6FLiN10O22. The number of hydrogen-bond donors (Lipinski definition) is 10. The SMILES string of the molecule is C.CB(O)N1CC[C@@H](C)[C@@H]1C(=O)O.CB(O)N1CC[C@@H](NF)[C@@H]1C(=O)O.CCOC(=O)C1C(=O)CCN1B(C)O.CCOC(=O)[C@H]1[C@@H](O)CCN1B(C)O.CCOC(=O)[C@H]1[C@H](C)CCN1B(C)O.CCOC(=O)[C@H]1[C@H](N=[N+]=[N-])CCN1B(C)O.COC.[Li+].[OH-]. The van der Waals surface area contributed by atoms with E-state index in [2.05, 4.69) is 14.8 Å². The molecule has 0 aromatic rings. The van der Waals surface area contributed by atoms with Crippen molar-refractivity contribution in [2.24, 2.45) is 17.0 Å². The number of hydrogen-bond acceptors (Lipinski definition) is 28. The van der Waals surface area contributed by atoms with Crippen LogP contribution in [0.15, 0.2) is 5.11 Å². The van der Waals surface area contributed by atoms with Gasteiger partial charge in [-0.3, -0.25) is 33.6 Å². The number of carbonyl (C=O) groups is 7. The molecule has 504 valence electrons. The molecule has 89 heavy (non-hydrogen) atoms. The van der Waals surface area contributed by atoms with Crippen molar-refractivity contribution in [2.75, 3.05) is 79.9 Å². The third kappa shape index (κ3) is 29.3. The summed E-state index contributed by atoms with van der Waals surface area (Å²) in [6.45, 7) is 24.7. The van der Waals surface area contributed by atoms with Crippen LogP contribution in [-0.4, -0.2) is 298 Å². The van der Waals surface area contributed by atoms with Crippen LogP contribution in [0.5, 0.6) is 0 Å².